The minimum absolute atomic E-state index is 0.322. The molecule has 0 saturated carbocycles. The summed E-state index contributed by atoms with van der Waals surface area (Å²) in [5.74, 6) is 1.08. The van der Waals surface area contributed by atoms with Crippen LogP contribution in [0.4, 0.5) is 0 Å². The molecule has 1 amide bonds. The molecule has 148 valence electrons. The molecule has 0 bridgehead atoms. The maximum Gasteiger partial charge on any atom is 0.210 e. The molecular weight excluding hydrogens is 324 g/mol. The van der Waals surface area contributed by atoms with E-state index in [1.165, 1.54) is 31.5 Å². The summed E-state index contributed by atoms with van der Waals surface area (Å²) in [6, 6.07) is 9.63. The SMILES string of the molecule is CC(C)N(C=O)C(C)C.CCCN(CCC)C1COc2ccccc2C1. The summed E-state index contributed by atoms with van der Waals surface area (Å²) in [4.78, 5) is 14.7. The van der Waals surface area contributed by atoms with Gasteiger partial charge in [0, 0.05) is 18.1 Å². The minimum Gasteiger partial charge on any atom is -0.492 e. The normalized spacial score (nSPS) is 16.0. The Balaban J connectivity index is 0.000000321. The molecule has 0 radical (unpaired) electrons. The van der Waals surface area contributed by atoms with Gasteiger partial charge in [-0.05, 0) is 71.7 Å². The van der Waals surface area contributed by atoms with Gasteiger partial charge < -0.3 is 9.64 Å². The largest absolute Gasteiger partial charge is 0.492 e. The van der Waals surface area contributed by atoms with Crippen LogP contribution in [0.1, 0.15) is 59.9 Å². The summed E-state index contributed by atoms with van der Waals surface area (Å²) in [7, 11) is 0. The third kappa shape index (κ3) is 6.99. The molecule has 0 fully saturated rings. The van der Waals surface area contributed by atoms with Gasteiger partial charge in [0.2, 0.25) is 6.41 Å². The number of hydrogen-bond acceptors (Lipinski definition) is 3. The van der Waals surface area contributed by atoms with Gasteiger partial charge in [-0.1, -0.05) is 32.0 Å². The van der Waals surface area contributed by atoms with E-state index in [1.54, 1.807) is 4.90 Å². The van der Waals surface area contributed by atoms with Crippen molar-refractivity contribution < 1.29 is 9.53 Å². The number of benzene rings is 1. The summed E-state index contributed by atoms with van der Waals surface area (Å²) in [5, 5.41) is 0. The molecule has 1 unspecified atom stereocenters. The van der Waals surface area contributed by atoms with Crippen molar-refractivity contribution in [3.05, 3.63) is 29.8 Å². The van der Waals surface area contributed by atoms with Crippen LogP contribution in [0.3, 0.4) is 0 Å². The number of rotatable bonds is 8. The van der Waals surface area contributed by atoms with Gasteiger partial charge in [0.1, 0.15) is 12.4 Å². The van der Waals surface area contributed by atoms with Crippen molar-refractivity contribution in [1.29, 1.82) is 0 Å². The van der Waals surface area contributed by atoms with E-state index in [4.69, 9.17) is 4.74 Å². The zero-order valence-electron chi connectivity index (χ0n) is 17.6. The van der Waals surface area contributed by atoms with Crippen LogP contribution >= 0.6 is 0 Å². The Labute approximate surface area is 160 Å². The van der Waals surface area contributed by atoms with E-state index in [0.29, 0.717) is 18.1 Å². The van der Waals surface area contributed by atoms with E-state index < -0.39 is 0 Å². The van der Waals surface area contributed by atoms with Gasteiger partial charge in [0.05, 0.1) is 0 Å². The Kier molecular flexibility index (Phi) is 10.3. The molecule has 1 heterocycles. The monoisotopic (exact) mass is 362 g/mol. The molecular formula is C22H38N2O2. The van der Waals surface area contributed by atoms with E-state index in [0.717, 1.165) is 25.2 Å². The smallest absolute Gasteiger partial charge is 0.210 e. The van der Waals surface area contributed by atoms with Crippen molar-refractivity contribution in [3.8, 4) is 5.75 Å². The molecule has 1 aromatic rings. The Bertz CT molecular complexity index is 503. The van der Waals surface area contributed by atoms with Crippen LogP contribution < -0.4 is 4.74 Å². The summed E-state index contributed by atoms with van der Waals surface area (Å²) in [6.45, 7) is 15.7. The second-order valence-electron chi connectivity index (χ2n) is 7.55. The van der Waals surface area contributed by atoms with E-state index in [2.05, 4.69) is 43.0 Å². The average molecular weight is 363 g/mol. The molecule has 0 N–H and O–H groups in total. The van der Waals surface area contributed by atoms with Crippen molar-refractivity contribution in [3.63, 3.8) is 0 Å². The van der Waals surface area contributed by atoms with Crippen LogP contribution in [0.2, 0.25) is 0 Å². The third-order valence-electron chi connectivity index (χ3n) is 4.71. The van der Waals surface area contributed by atoms with Crippen LogP contribution in [0.5, 0.6) is 5.75 Å². The standard InChI is InChI=1S/C15H23NO.C7H15NO/c1-3-9-16(10-4-2)14-11-13-7-5-6-8-15(13)17-12-14;1-6(2)8(5-9)7(3)4/h5-8,14H,3-4,9-12H2,1-2H3;5-7H,1-4H3. The predicted octanol–water partition coefficient (Wildman–Crippen LogP) is 4.37. The van der Waals surface area contributed by atoms with E-state index in [-0.39, 0.29) is 0 Å². The maximum absolute atomic E-state index is 10.3. The van der Waals surface area contributed by atoms with Gasteiger partial charge in [-0.3, -0.25) is 9.69 Å². The second kappa shape index (κ2) is 11.9. The second-order valence-corrected chi connectivity index (χ2v) is 7.55. The highest BCUT2D eigenvalue weighted by Gasteiger charge is 2.24. The average Bonchev–Trinajstić information content (AvgIpc) is 2.61. The fourth-order valence-corrected chi connectivity index (χ4v) is 3.44. The van der Waals surface area contributed by atoms with E-state index in [1.807, 2.05) is 27.7 Å². The lowest BCUT2D eigenvalue weighted by Crippen LogP contribution is -2.43. The van der Waals surface area contributed by atoms with Crippen LogP contribution in [-0.2, 0) is 11.2 Å². The Morgan fingerprint density at radius 3 is 2.12 bits per heavy atom. The molecule has 0 saturated heterocycles. The van der Waals surface area contributed by atoms with Crippen molar-refractivity contribution in [2.24, 2.45) is 0 Å². The molecule has 4 heteroatoms. The van der Waals surface area contributed by atoms with Gasteiger partial charge in [0.25, 0.3) is 0 Å². The van der Waals surface area contributed by atoms with Gasteiger partial charge in [-0.2, -0.15) is 0 Å². The highest BCUT2D eigenvalue weighted by Crippen LogP contribution is 2.26. The number of carbonyl (C=O) groups excluding carboxylic acids is 1. The van der Waals surface area contributed by atoms with Crippen LogP contribution in [-0.4, -0.2) is 54.0 Å². The van der Waals surface area contributed by atoms with Gasteiger partial charge in [-0.25, -0.2) is 0 Å². The van der Waals surface area contributed by atoms with Crippen LogP contribution in [0, 0.1) is 0 Å². The van der Waals surface area contributed by atoms with Crippen molar-refractivity contribution in [2.75, 3.05) is 19.7 Å². The molecule has 1 aliphatic heterocycles. The Morgan fingerprint density at radius 2 is 1.65 bits per heavy atom. The summed E-state index contributed by atoms with van der Waals surface area (Å²) in [6.07, 6.45) is 4.47. The third-order valence-corrected chi connectivity index (χ3v) is 4.71. The first-order chi connectivity index (χ1) is 12.4. The zero-order valence-corrected chi connectivity index (χ0v) is 17.6. The summed E-state index contributed by atoms with van der Waals surface area (Å²) < 4.78 is 5.87. The molecule has 1 aromatic carbocycles. The number of nitrogens with zero attached hydrogens (tertiary/aromatic N) is 2. The number of para-hydroxylation sites is 1. The molecule has 26 heavy (non-hydrogen) atoms. The number of carbonyl (C=O) groups is 1. The molecule has 4 nitrogen and oxygen atoms in total. The van der Waals surface area contributed by atoms with Crippen molar-refractivity contribution in [2.45, 2.75) is 78.9 Å². The van der Waals surface area contributed by atoms with Gasteiger partial charge in [-0.15, -0.1) is 0 Å². The van der Waals surface area contributed by atoms with Crippen molar-refractivity contribution >= 4 is 6.41 Å². The topological polar surface area (TPSA) is 32.8 Å². The Morgan fingerprint density at radius 1 is 1.08 bits per heavy atom. The zero-order chi connectivity index (χ0) is 19.5. The first kappa shape index (κ1) is 22.5. The molecule has 0 spiro atoms. The minimum atomic E-state index is 0.322. The molecule has 1 atom stereocenters. The number of hydrogen-bond donors (Lipinski definition) is 0. The van der Waals surface area contributed by atoms with Gasteiger partial charge in [0.15, 0.2) is 0 Å². The lowest BCUT2D eigenvalue weighted by Gasteiger charge is -2.34. The fourth-order valence-electron chi connectivity index (χ4n) is 3.44. The maximum atomic E-state index is 10.3. The highest BCUT2D eigenvalue weighted by atomic mass is 16.5. The number of ether oxygens (including phenoxy) is 1. The van der Waals surface area contributed by atoms with Crippen LogP contribution in [0.25, 0.3) is 0 Å². The molecule has 0 aromatic heterocycles. The van der Waals surface area contributed by atoms with E-state index >= 15 is 0 Å². The lowest BCUT2D eigenvalue weighted by atomic mass is 10.0. The van der Waals surface area contributed by atoms with E-state index in [9.17, 15) is 4.79 Å². The van der Waals surface area contributed by atoms with Gasteiger partial charge >= 0.3 is 0 Å². The lowest BCUT2D eigenvalue weighted by molar-refractivity contribution is -0.121. The Hall–Kier alpha value is -1.55. The first-order valence-corrected chi connectivity index (χ1v) is 10.1. The van der Waals surface area contributed by atoms with Crippen LogP contribution in [0.15, 0.2) is 24.3 Å². The number of fused-ring (bicyclic) bond motifs is 1. The fraction of sp³-hybridized carbons (Fsp3) is 0.682. The summed E-state index contributed by atoms with van der Waals surface area (Å²) in [5.41, 5.74) is 1.36. The summed E-state index contributed by atoms with van der Waals surface area (Å²) >= 11 is 0. The molecule has 2 rings (SSSR count). The quantitative estimate of drug-likeness (QED) is 0.644. The number of amides is 1. The predicted molar refractivity (Wildman–Crippen MR) is 110 cm³/mol. The highest BCUT2D eigenvalue weighted by molar-refractivity contribution is 5.48. The van der Waals surface area contributed by atoms with Crippen molar-refractivity contribution in [1.82, 2.24) is 9.80 Å². The molecule has 0 aliphatic carbocycles. The molecule has 1 aliphatic rings. The first-order valence-electron chi connectivity index (χ1n) is 10.1.